The van der Waals surface area contributed by atoms with Gasteiger partial charge >= 0.3 is 5.97 Å². The number of nitro groups is 1. The molecule has 3 rings (SSSR count). The Morgan fingerprint density at radius 3 is 2.61 bits per heavy atom. The van der Waals surface area contributed by atoms with Gasteiger partial charge in [0, 0.05) is 30.1 Å². The number of benzene rings is 2. The van der Waals surface area contributed by atoms with E-state index in [2.05, 4.69) is 13.8 Å². The minimum Gasteiger partial charge on any atom is -0.481 e. The van der Waals surface area contributed by atoms with Crippen LogP contribution in [-0.2, 0) is 9.59 Å². The van der Waals surface area contributed by atoms with Crippen LogP contribution in [0.15, 0.2) is 58.3 Å². The van der Waals surface area contributed by atoms with E-state index in [0.717, 1.165) is 10.5 Å². The van der Waals surface area contributed by atoms with Crippen molar-refractivity contribution >= 4 is 35.4 Å². The smallest absolute Gasteiger partial charge is 0.310 e. The van der Waals surface area contributed by atoms with Crippen molar-refractivity contribution < 1.29 is 24.7 Å². The van der Waals surface area contributed by atoms with Gasteiger partial charge in [-0.15, -0.1) is 0 Å². The second-order valence-electron chi connectivity index (χ2n) is 8.20. The Kier molecular flexibility index (Phi) is 7.88. The number of carbonyl (C=O) groups is 2. The lowest BCUT2D eigenvalue weighted by molar-refractivity contribution is -0.387. The number of carboxylic acids is 1. The topological polar surface area (TPSA) is 121 Å². The molecule has 1 fully saturated rings. The highest BCUT2D eigenvalue weighted by molar-refractivity contribution is 7.99. The first kappa shape index (κ1) is 24.5. The number of rotatable bonds is 7. The van der Waals surface area contributed by atoms with E-state index >= 15 is 0 Å². The fourth-order valence-corrected chi connectivity index (χ4v) is 4.87. The van der Waals surface area contributed by atoms with Gasteiger partial charge in [0.1, 0.15) is 5.92 Å². The number of likely N-dealkylation sites (tertiary alicyclic amines) is 1. The monoisotopic (exact) mass is 470 g/mol. The number of aliphatic carboxylic acids is 1. The van der Waals surface area contributed by atoms with Crippen molar-refractivity contribution in [3.8, 4) is 0 Å². The number of aliphatic hydroxyl groups excluding tert-OH is 1. The summed E-state index contributed by atoms with van der Waals surface area (Å²) in [7, 11) is 0. The Labute approximate surface area is 196 Å². The number of piperidine rings is 1. The van der Waals surface area contributed by atoms with Gasteiger partial charge in [-0.3, -0.25) is 19.7 Å². The maximum absolute atomic E-state index is 12.5. The molecule has 0 aromatic heterocycles. The summed E-state index contributed by atoms with van der Waals surface area (Å²) in [6.45, 7) is 4.31. The zero-order chi connectivity index (χ0) is 24.1. The number of hydrogen-bond acceptors (Lipinski definition) is 6. The lowest BCUT2D eigenvalue weighted by Gasteiger charge is -2.33. The Hall–Kier alpha value is -3.17. The lowest BCUT2D eigenvalue weighted by Crippen LogP contribution is -2.48. The van der Waals surface area contributed by atoms with E-state index in [1.807, 2.05) is 24.3 Å². The van der Waals surface area contributed by atoms with Gasteiger partial charge in [-0.05, 0) is 41.7 Å². The largest absolute Gasteiger partial charge is 0.481 e. The Bertz CT molecular complexity index is 1080. The third kappa shape index (κ3) is 6.00. The first-order valence-electron chi connectivity index (χ1n) is 10.6. The van der Waals surface area contributed by atoms with Crippen LogP contribution >= 0.6 is 11.8 Å². The van der Waals surface area contributed by atoms with Crippen LogP contribution < -0.4 is 0 Å². The van der Waals surface area contributed by atoms with Crippen molar-refractivity contribution in [2.75, 3.05) is 13.1 Å². The maximum Gasteiger partial charge on any atom is 0.310 e. The van der Waals surface area contributed by atoms with E-state index < -0.39 is 28.8 Å². The van der Waals surface area contributed by atoms with Crippen molar-refractivity contribution in [2.24, 2.45) is 5.92 Å². The molecule has 2 aromatic rings. The number of carbonyl (C=O) groups excluding carboxylic acids is 1. The predicted molar refractivity (Wildman–Crippen MR) is 125 cm³/mol. The van der Waals surface area contributed by atoms with Gasteiger partial charge in [0.15, 0.2) is 0 Å². The molecule has 0 aliphatic carbocycles. The number of carboxylic acid groups (broad SMARTS) is 1. The van der Waals surface area contributed by atoms with Crippen molar-refractivity contribution in [1.29, 1.82) is 0 Å². The second-order valence-corrected chi connectivity index (χ2v) is 9.28. The quantitative estimate of drug-likeness (QED) is 0.354. The molecule has 2 N–H and O–H groups in total. The molecule has 1 aliphatic rings. The third-order valence-electron chi connectivity index (χ3n) is 5.56. The van der Waals surface area contributed by atoms with Gasteiger partial charge in [-0.2, -0.15) is 0 Å². The van der Waals surface area contributed by atoms with Crippen molar-refractivity contribution in [3.63, 3.8) is 0 Å². The molecule has 9 heteroatoms. The van der Waals surface area contributed by atoms with Gasteiger partial charge in [0.05, 0.1) is 15.9 Å². The zero-order valence-electron chi connectivity index (χ0n) is 18.4. The highest BCUT2D eigenvalue weighted by Crippen LogP contribution is 2.39. The molecule has 1 saturated heterocycles. The van der Waals surface area contributed by atoms with E-state index in [0.29, 0.717) is 10.5 Å². The number of nitro benzene ring substituents is 1. The molecule has 33 heavy (non-hydrogen) atoms. The van der Waals surface area contributed by atoms with E-state index in [1.54, 1.807) is 12.1 Å². The Morgan fingerprint density at radius 1 is 1.21 bits per heavy atom. The molecule has 8 nitrogen and oxygen atoms in total. The summed E-state index contributed by atoms with van der Waals surface area (Å²) in [6.07, 6.45) is 1.96. The van der Waals surface area contributed by atoms with Crippen LogP contribution in [0.25, 0.3) is 6.08 Å². The Balaban J connectivity index is 1.78. The van der Waals surface area contributed by atoms with E-state index in [-0.39, 0.29) is 31.1 Å². The first-order chi connectivity index (χ1) is 15.7. The summed E-state index contributed by atoms with van der Waals surface area (Å²) >= 11 is 1.34. The zero-order valence-corrected chi connectivity index (χ0v) is 19.2. The summed E-state index contributed by atoms with van der Waals surface area (Å²) in [5, 5.41) is 30.7. The molecule has 1 aliphatic heterocycles. The van der Waals surface area contributed by atoms with Gasteiger partial charge in [-0.25, -0.2) is 0 Å². The number of nitrogens with zero attached hydrogens (tertiary/aromatic N) is 2. The Morgan fingerprint density at radius 2 is 1.94 bits per heavy atom. The summed E-state index contributed by atoms with van der Waals surface area (Å²) in [5.74, 6) is -2.30. The summed E-state index contributed by atoms with van der Waals surface area (Å²) in [5.41, 5.74) is 1.54. The molecular weight excluding hydrogens is 444 g/mol. The number of aliphatic hydroxyl groups is 1. The molecule has 1 heterocycles. The van der Waals surface area contributed by atoms with E-state index in [1.165, 1.54) is 34.9 Å². The molecule has 174 valence electrons. The lowest BCUT2D eigenvalue weighted by atomic mass is 9.95. The molecule has 0 saturated carbocycles. The maximum atomic E-state index is 12.5. The predicted octanol–water partition coefficient (Wildman–Crippen LogP) is 4.18. The van der Waals surface area contributed by atoms with Gasteiger partial charge in [0.2, 0.25) is 5.91 Å². The van der Waals surface area contributed by atoms with Crippen LogP contribution in [-0.4, -0.2) is 51.1 Å². The number of hydrogen-bond donors (Lipinski definition) is 2. The molecular formula is C24H26N2O6S. The van der Waals surface area contributed by atoms with E-state index in [9.17, 15) is 29.9 Å². The number of amides is 1. The molecule has 0 spiro atoms. The fourth-order valence-electron chi connectivity index (χ4n) is 3.69. The van der Waals surface area contributed by atoms with Crippen molar-refractivity contribution in [1.82, 2.24) is 4.90 Å². The molecule has 2 atom stereocenters. The summed E-state index contributed by atoms with van der Waals surface area (Å²) < 4.78 is 0. The molecule has 0 bridgehead atoms. The SMILES string of the molecule is CC(C)c1ccccc1Sc1ccc(C=CC(=O)N2CCC(O)C(C(=O)O)C2)cc1[N+](=O)[O-]. The normalized spacial score (nSPS) is 18.6. The van der Waals surface area contributed by atoms with Gasteiger partial charge in [0.25, 0.3) is 5.69 Å². The summed E-state index contributed by atoms with van der Waals surface area (Å²) in [6, 6.07) is 12.6. The fraction of sp³-hybridized carbons (Fsp3) is 0.333. The molecule has 2 aromatic carbocycles. The van der Waals surface area contributed by atoms with Crippen LogP contribution in [0.1, 0.15) is 37.3 Å². The molecule has 2 unspecified atom stereocenters. The van der Waals surface area contributed by atoms with Gasteiger partial charge < -0.3 is 15.1 Å². The van der Waals surface area contributed by atoms with Crippen molar-refractivity contribution in [3.05, 3.63) is 69.8 Å². The van der Waals surface area contributed by atoms with Crippen LogP contribution in [0.3, 0.4) is 0 Å². The highest BCUT2D eigenvalue weighted by atomic mass is 32.2. The van der Waals surface area contributed by atoms with E-state index in [4.69, 9.17) is 0 Å². The minimum absolute atomic E-state index is 0.0554. The third-order valence-corrected chi connectivity index (χ3v) is 6.72. The average molecular weight is 471 g/mol. The highest BCUT2D eigenvalue weighted by Gasteiger charge is 2.34. The second kappa shape index (κ2) is 10.6. The first-order valence-corrected chi connectivity index (χ1v) is 11.4. The van der Waals surface area contributed by atoms with Gasteiger partial charge in [-0.1, -0.05) is 49.9 Å². The van der Waals surface area contributed by atoms with Crippen LogP contribution in [0.2, 0.25) is 0 Å². The molecule has 0 radical (unpaired) electrons. The van der Waals surface area contributed by atoms with Crippen LogP contribution in [0.5, 0.6) is 0 Å². The van der Waals surface area contributed by atoms with Crippen molar-refractivity contribution in [2.45, 2.75) is 42.1 Å². The minimum atomic E-state index is -1.15. The standard InChI is InChI=1S/C24H26N2O6S/c1-15(2)17-5-3-4-6-21(17)33-22-9-7-16(13-19(22)26(31)32)8-10-23(28)25-12-11-20(27)18(14-25)24(29)30/h3-10,13,15,18,20,27H,11-12,14H2,1-2H3,(H,29,30). The van der Waals surface area contributed by atoms with Crippen LogP contribution in [0, 0.1) is 16.0 Å². The summed E-state index contributed by atoms with van der Waals surface area (Å²) in [4.78, 5) is 37.8. The average Bonchev–Trinajstić information content (AvgIpc) is 2.78. The molecule has 1 amide bonds. The van der Waals surface area contributed by atoms with Crippen LogP contribution in [0.4, 0.5) is 5.69 Å².